The molecule has 1 N–H and O–H groups in total. The SMILES string of the molecule is CCCC1CCC(NC)C(CN2CCOC3CCCC32)C1. The zero-order valence-electron chi connectivity index (χ0n) is 14.0. The third kappa shape index (κ3) is 3.62. The van der Waals surface area contributed by atoms with Gasteiger partial charge in [0.2, 0.25) is 0 Å². The first-order valence-electron chi connectivity index (χ1n) is 9.34. The van der Waals surface area contributed by atoms with E-state index in [0.29, 0.717) is 6.10 Å². The van der Waals surface area contributed by atoms with Gasteiger partial charge in [-0.05, 0) is 57.4 Å². The Morgan fingerprint density at radius 3 is 2.90 bits per heavy atom. The second-order valence-corrected chi connectivity index (χ2v) is 7.53. The molecule has 122 valence electrons. The van der Waals surface area contributed by atoms with Crippen molar-refractivity contribution >= 4 is 0 Å². The Labute approximate surface area is 130 Å². The maximum Gasteiger partial charge on any atom is 0.0730 e. The summed E-state index contributed by atoms with van der Waals surface area (Å²) in [4.78, 5) is 2.78. The summed E-state index contributed by atoms with van der Waals surface area (Å²) in [6.45, 7) is 5.75. The molecule has 0 aromatic carbocycles. The Morgan fingerprint density at radius 2 is 2.10 bits per heavy atom. The third-order valence-electron chi connectivity index (χ3n) is 6.22. The van der Waals surface area contributed by atoms with Crippen LogP contribution in [0.4, 0.5) is 0 Å². The fraction of sp³-hybridized carbons (Fsp3) is 1.00. The van der Waals surface area contributed by atoms with Crippen molar-refractivity contribution in [2.45, 2.75) is 76.5 Å². The van der Waals surface area contributed by atoms with E-state index >= 15 is 0 Å². The third-order valence-corrected chi connectivity index (χ3v) is 6.22. The molecule has 1 heterocycles. The molecule has 3 nitrogen and oxygen atoms in total. The van der Waals surface area contributed by atoms with Crippen LogP contribution in [0.5, 0.6) is 0 Å². The topological polar surface area (TPSA) is 24.5 Å². The summed E-state index contributed by atoms with van der Waals surface area (Å²) in [5, 5.41) is 3.61. The number of nitrogens with one attached hydrogen (secondary N) is 1. The largest absolute Gasteiger partial charge is 0.375 e. The highest BCUT2D eigenvalue weighted by Crippen LogP contribution is 2.35. The van der Waals surface area contributed by atoms with E-state index in [9.17, 15) is 0 Å². The van der Waals surface area contributed by atoms with Gasteiger partial charge in [0.25, 0.3) is 0 Å². The Kier molecular flexibility index (Phi) is 5.58. The van der Waals surface area contributed by atoms with Crippen molar-refractivity contribution in [2.24, 2.45) is 11.8 Å². The Balaban J connectivity index is 1.60. The first-order chi connectivity index (χ1) is 10.3. The lowest BCUT2D eigenvalue weighted by Crippen LogP contribution is -2.53. The lowest BCUT2D eigenvalue weighted by atomic mass is 9.76. The second-order valence-electron chi connectivity index (χ2n) is 7.53. The highest BCUT2D eigenvalue weighted by molar-refractivity contribution is 4.93. The summed E-state index contributed by atoms with van der Waals surface area (Å²) < 4.78 is 5.98. The predicted molar refractivity (Wildman–Crippen MR) is 87.5 cm³/mol. The van der Waals surface area contributed by atoms with E-state index in [1.54, 1.807) is 0 Å². The molecule has 2 aliphatic carbocycles. The Hall–Kier alpha value is -0.120. The summed E-state index contributed by atoms with van der Waals surface area (Å²) in [6, 6.07) is 1.46. The Morgan fingerprint density at radius 1 is 1.19 bits per heavy atom. The first kappa shape index (κ1) is 15.8. The fourth-order valence-electron chi connectivity index (χ4n) is 5.15. The molecule has 21 heavy (non-hydrogen) atoms. The van der Waals surface area contributed by atoms with Crippen LogP contribution in [0.15, 0.2) is 0 Å². The number of rotatable bonds is 5. The standard InChI is InChI=1S/C18H34N2O/c1-3-5-14-8-9-16(19-2)15(12-14)13-20-10-11-21-18-7-4-6-17(18)20/h14-19H,3-13H2,1-2H3. The van der Waals surface area contributed by atoms with Crippen LogP contribution in [0.25, 0.3) is 0 Å². The van der Waals surface area contributed by atoms with Gasteiger partial charge in [0.15, 0.2) is 0 Å². The molecule has 1 saturated heterocycles. The molecule has 3 fully saturated rings. The first-order valence-corrected chi connectivity index (χ1v) is 9.34. The summed E-state index contributed by atoms with van der Waals surface area (Å²) in [6.07, 6.45) is 11.6. The lowest BCUT2D eigenvalue weighted by molar-refractivity contribution is -0.0642. The average Bonchev–Trinajstić information content (AvgIpc) is 2.97. The minimum absolute atomic E-state index is 0.543. The monoisotopic (exact) mass is 294 g/mol. The van der Waals surface area contributed by atoms with Gasteiger partial charge >= 0.3 is 0 Å². The molecule has 3 heteroatoms. The molecule has 3 rings (SSSR count). The van der Waals surface area contributed by atoms with Gasteiger partial charge in [-0.3, -0.25) is 4.90 Å². The maximum atomic E-state index is 5.98. The molecule has 0 spiro atoms. The normalized spacial score (nSPS) is 41.1. The minimum atomic E-state index is 0.543. The van der Waals surface area contributed by atoms with Crippen molar-refractivity contribution < 1.29 is 4.74 Å². The number of ether oxygens (including phenoxy) is 1. The number of morpholine rings is 1. The van der Waals surface area contributed by atoms with Gasteiger partial charge in [0.1, 0.15) is 0 Å². The van der Waals surface area contributed by atoms with Crippen LogP contribution < -0.4 is 5.32 Å². The van der Waals surface area contributed by atoms with Crippen LogP contribution in [0.3, 0.4) is 0 Å². The van der Waals surface area contributed by atoms with E-state index in [0.717, 1.165) is 37.1 Å². The summed E-state index contributed by atoms with van der Waals surface area (Å²) in [7, 11) is 2.16. The zero-order chi connectivity index (χ0) is 14.7. The molecule has 3 aliphatic rings. The highest BCUT2D eigenvalue weighted by Gasteiger charge is 2.38. The van der Waals surface area contributed by atoms with Crippen LogP contribution in [0, 0.1) is 11.8 Å². The highest BCUT2D eigenvalue weighted by atomic mass is 16.5. The molecule has 2 saturated carbocycles. The van der Waals surface area contributed by atoms with Gasteiger partial charge in [0.05, 0.1) is 12.7 Å². The average molecular weight is 294 g/mol. The lowest BCUT2D eigenvalue weighted by Gasteiger charge is -2.43. The van der Waals surface area contributed by atoms with Gasteiger partial charge in [-0.1, -0.05) is 19.8 Å². The van der Waals surface area contributed by atoms with E-state index in [2.05, 4.69) is 24.2 Å². The molecule has 0 amide bonds. The molecular weight excluding hydrogens is 260 g/mol. The Bertz CT molecular complexity index is 322. The van der Waals surface area contributed by atoms with Crippen LogP contribution in [-0.2, 0) is 4.74 Å². The molecule has 0 bridgehead atoms. The van der Waals surface area contributed by atoms with Gasteiger partial charge in [-0.15, -0.1) is 0 Å². The molecule has 5 atom stereocenters. The molecule has 5 unspecified atom stereocenters. The van der Waals surface area contributed by atoms with Crippen molar-refractivity contribution in [2.75, 3.05) is 26.7 Å². The minimum Gasteiger partial charge on any atom is -0.375 e. The van der Waals surface area contributed by atoms with Crippen LogP contribution in [0.1, 0.15) is 58.3 Å². The van der Waals surface area contributed by atoms with Crippen LogP contribution in [-0.4, -0.2) is 49.8 Å². The number of nitrogens with zero attached hydrogens (tertiary/aromatic N) is 1. The van der Waals surface area contributed by atoms with E-state index in [1.807, 2.05) is 0 Å². The van der Waals surface area contributed by atoms with E-state index in [4.69, 9.17) is 4.74 Å². The van der Waals surface area contributed by atoms with Crippen molar-refractivity contribution in [3.05, 3.63) is 0 Å². The molecule has 0 radical (unpaired) electrons. The van der Waals surface area contributed by atoms with Crippen molar-refractivity contribution in [1.29, 1.82) is 0 Å². The summed E-state index contributed by atoms with van der Waals surface area (Å²) in [5.41, 5.74) is 0. The van der Waals surface area contributed by atoms with E-state index < -0.39 is 0 Å². The van der Waals surface area contributed by atoms with Gasteiger partial charge in [-0.25, -0.2) is 0 Å². The van der Waals surface area contributed by atoms with Gasteiger partial charge < -0.3 is 10.1 Å². The molecule has 0 aromatic heterocycles. The predicted octanol–water partition coefficient (Wildman–Crippen LogP) is 3.04. The van der Waals surface area contributed by atoms with Crippen molar-refractivity contribution in [3.63, 3.8) is 0 Å². The number of hydrogen-bond donors (Lipinski definition) is 1. The summed E-state index contributed by atoms with van der Waals surface area (Å²) >= 11 is 0. The zero-order valence-corrected chi connectivity index (χ0v) is 14.0. The van der Waals surface area contributed by atoms with Crippen LogP contribution in [0.2, 0.25) is 0 Å². The number of fused-ring (bicyclic) bond motifs is 1. The smallest absolute Gasteiger partial charge is 0.0730 e. The quantitative estimate of drug-likeness (QED) is 0.843. The van der Waals surface area contributed by atoms with Gasteiger partial charge in [0, 0.05) is 25.2 Å². The molecule has 1 aliphatic heterocycles. The second kappa shape index (κ2) is 7.43. The van der Waals surface area contributed by atoms with E-state index in [-0.39, 0.29) is 0 Å². The van der Waals surface area contributed by atoms with Gasteiger partial charge in [-0.2, -0.15) is 0 Å². The molecular formula is C18H34N2O. The summed E-state index contributed by atoms with van der Waals surface area (Å²) in [5.74, 6) is 1.82. The maximum absolute atomic E-state index is 5.98. The van der Waals surface area contributed by atoms with E-state index in [1.165, 1.54) is 57.9 Å². The van der Waals surface area contributed by atoms with Crippen molar-refractivity contribution in [3.8, 4) is 0 Å². The number of hydrogen-bond acceptors (Lipinski definition) is 3. The van der Waals surface area contributed by atoms with Crippen LogP contribution >= 0.6 is 0 Å². The fourth-order valence-corrected chi connectivity index (χ4v) is 5.15. The molecule has 0 aromatic rings. The van der Waals surface area contributed by atoms with Crippen molar-refractivity contribution in [1.82, 2.24) is 10.2 Å².